The van der Waals surface area contributed by atoms with Crippen LogP contribution in [0.25, 0.3) is 0 Å². The quantitative estimate of drug-likeness (QED) is 0.262. The van der Waals surface area contributed by atoms with Crippen LogP contribution in [0.15, 0.2) is 24.5 Å². The van der Waals surface area contributed by atoms with Gasteiger partial charge in [-0.1, -0.05) is 6.07 Å². The van der Waals surface area contributed by atoms with E-state index >= 15 is 0 Å². The van der Waals surface area contributed by atoms with Crippen molar-refractivity contribution in [2.45, 2.75) is 90.2 Å². The highest BCUT2D eigenvalue weighted by Gasteiger charge is 2.43. The maximum atomic E-state index is 13.0. The first-order valence-electron chi connectivity index (χ1n) is 16.7. The highest BCUT2D eigenvalue weighted by Crippen LogP contribution is 2.46. The van der Waals surface area contributed by atoms with Crippen LogP contribution in [-0.4, -0.2) is 96.4 Å². The number of rotatable bonds is 12. The Balaban J connectivity index is 1.09. The molecule has 2 aliphatic heterocycles. The van der Waals surface area contributed by atoms with Crippen LogP contribution in [0.4, 0.5) is 0 Å². The van der Waals surface area contributed by atoms with Crippen LogP contribution < -0.4 is 10.6 Å². The van der Waals surface area contributed by atoms with Crippen LogP contribution in [0.5, 0.6) is 0 Å². The molecule has 0 unspecified atom stereocenters. The Labute approximate surface area is 272 Å². The maximum absolute atomic E-state index is 13.0. The number of likely N-dealkylation sites (tertiary alicyclic amines) is 2. The van der Waals surface area contributed by atoms with E-state index in [-0.39, 0.29) is 73.0 Å². The van der Waals surface area contributed by atoms with Gasteiger partial charge >= 0.3 is 5.97 Å². The van der Waals surface area contributed by atoms with E-state index in [1.54, 1.807) is 30.4 Å². The van der Waals surface area contributed by atoms with Crippen molar-refractivity contribution in [1.29, 1.82) is 0 Å². The van der Waals surface area contributed by atoms with Crippen molar-refractivity contribution in [1.82, 2.24) is 25.4 Å². The number of piperidine rings is 1. The molecule has 2 atom stereocenters. The van der Waals surface area contributed by atoms with Crippen molar-refractivity contribution >= 4 is 29.6 Å². The fourth-order valence-corrected chi connectivity index (χ4v) is 6.95. The molecular formula is C34H51N5O7. The molecule has 4 amide bonds. The van der Waals surface area contributed by atoms with Gasteiger partial charge in [0.05, 0.1) is 38.0 Å². The number of ether oxygens (including phenoxy) is 2. The molecule has 0 radical (unpaired) electrons. The molecule has 0 aromatic carbocycles. The zero-order valence-electron chi connectivity index (χ0n) is 27.8. The van der Waals surface area contributed by atoms with E-state index in [1.165, 1.54) is 0 Å². The third-order valence-electron chi connectivity index (χ3n) is 9.60. The van der Waals surface area contributed by atoms with Crippen molar-refractivity contribution in [2.24, 2.45) is 17.3 Å². The van der Waals surface area contributed by atoms with E-state index in [1.807, 2.05) is 31.7 Å². The van der Waals surface area contributed by atoms with Gasteiger partial charge in [0.15, 0.2) is 0 Å². The van der Waals surface area contributed by atoms with Crippen LogP contribution in [0, 0.1) is 17.3 Å². The van der Waals surface area contributed by atoms with Crippen molar-refractivity contribution in [2.75, 3.05) is 46.4 Å². The van der Waals surface area contributed by atoms with Crippen molar-refractivity contribution in [3.05, 3.63) is 30.1 Å². The molecular weight excluding hydrogens is 590 g/mol. The van der Waals surface area contributed by atoms with Gasteiger partial charge in [0.1, 0.15) is 5.60 Å². The SMILES string of the molecule is CN1C(=O)C[C@H](C(=O)NCCNC(=O)C2CCC3(CC2)CCN(C(=O)CCOCCC(=O)OC(C)(C)C)CC3)[C@H]1c1cccnc1. The van der Waals surface area contributed by atoms with Gasteiger partial charge in [-0.15, -0.1) is 0 Å². The summed E-state index contributed by atoms with van der Waals surface area (Å²) < 4.78 is 10.8. The van der Waals surface area contributed by atoms with E-state index in [9.17, 15) is 24.0 Å². The van der Waals surface area contributed by atoms with Gasteiger partial charge in [-0.2, -0.15) is 0 Å². The number of carbonyl (C=O) groups excluding carboxylic acids is 5. The van der Waals surface area contributed by atoms with Crippen molar-refractivity contribution < 1.29 is 33.4 Å². The van der Waals surface area contributed by atoms with Crippen LogP contribution >= 0.6 is 0 Å². The van der Waals surface area contributed by atoms with Crippen molar-refractivity contribution in [3.8, 4) is 0 Å². The molecule has 2 N–H and O–H groups in total. The second-order valence-corrected chi connectivity index (χ2v) is 14.0. The van der Waals surface area contributed by atoms with Crippen LogP contribution in [0.1, 0.15) is 90.2 Å². The van der Waals surface area contributed by atoms with E-state index < -0.39 is 11.5 Å². The highest BCUT2D eigenvalue weighted by molar-refractivity contribution is 5.90. The lowest BCUT2D eigenvalue weighted by Gasteiger charge is -2.45. The van der Waals surface area contributed by atoms with Gasteiger partial charge in [0.25, 0.3) is 0 Å². The third kappa shape index (κ3) is 9.73. The summed E-state index contributed by atoms with van der Waals surface area (Å²) in [4.78, 5) is 70.4. The molecule has 4 rings (SSSR count). The minimum absolute atomic E-state index is 0.0207. The number of carbonyl (C=O) groups is 5. The lowest BCUT2D eigenvalue weighted by Crippen LogP contribution is -2.46. The minimum atomic E-state index is -0.519. The number of nitrogens with one attached hydrogen (secondary N) is 2. The zero-order chi connectivity index (χ0) is 33.3. The zero-order valence-corrected chi connectivity index (χ0v) is 27.8. The summed E-state index contributed by atoms with van der Waals surface area (Å²) in [6, 6.07) is 3.32. The maximum Gasteiger partial charge on any atom is 0.308 e. The fraction of sp³-hybridized carbons (Fsp3) is 0.706. The first-order chi connectivity index (χ1) is 21.9. The summed E-state index contributed by atoms with van der Waals surface area (Å²) in [5.41, 5.74) is 0.492. The Kier molecular flexibility index (Phi) is 12.2. The molecule has 1 aromatic rings. The van der Waals surface area contributed by atoms with E-state index in [4.69, 9.17) is 9.47 Å². The Morgan fingerprint density at radius 3 is 2.26 bits per heavy atom. The van der Waals surface area contributed by atoms with Gasteiger partial charge in [-0.25, -0.2) is 0 Å². The molecule has 3 fully saturated rings. The van der Waals surface area contributed by atoms with Crippen LogP contribution in [-0.2, 0) is 33.4 Å². The van der Waals surface area contributed by atoms with Crippen molar-refractivity contribution in [3.63, 3.8) is 0 Å². The molecule has 1 aromatic heterocycles. The minimum Gasteiger partial charge on any atom is -0.460 e. The average molecular weight is 642 g/mol. The summed E-state index contributed by atoms with van der Waals surface area (Å²) in [6.45, 7) is 8.07. The molecule has 1 aliphatic carbocycles. The summed E-state index contributed by atoms with van der Waals surface area (Å²) >= 11 is 0. The second kappa shape index (κ2) is 15.8. The molecule has 3 heterocycles. The summed E-state index contributed by atoms with van der Waals surface area (Å²) in [5, 5.41) is 5.89. The number of nitrogens with zero attached hydrogens (tertiary/aromatic N) is 3. The Hall–Kier alpha value is -3.54. The van der Waals surface area contributed by atoms with Gasteiger partial charge < -0.3 is 29.9 Å². The fourth-order valence-electron chi connectivity index (χ4n) is 6.95. The molecule has 1 spiro atoms. The lowest BCUT2D eigenvalue weighted by molar-refractivity contribution is -0.156. The molecule has 2 saturated heterocycles. The third-order valence-corrected chi connectivity index (χ3v) is 9.60. The van der Waals surface area contributed by atoms with Crippen LogP contribution in [0.3, 0.4) is 0 Å². The molecule has 254 valence electrons. The second-order valence-electron chi connectivity index (χ2n) is 14.0. The van der Waals surface area contributed by atoms with E-state index in [0.717, 1.165) is 57.2 Å². The number of esters is 1. The summed E-state index contributed by atoms with van der Waals surface area (Å²) in [6.07, 6.45) is 9.43. The number of pyridine rings is 1. The first kappa shape index (κ1) is 35.3. The number of amides is 4. The molecule has 12 nitrogen and oxygen atoms in total. The van der Waals surface area contributed by atoms with Gasteiger partial charge in [0, 0.05) is 58.0 Å². The normalized spacial score (nSPS) is 21.7. The molecule has 12 heteroatoms. The summed E-state index contributed by atoms with van der Waals surface area (Å²) in [7, 11) is 1.71. The average Bonchev–Trinajstić information content (AvgIpc) is 3.32. The molecule has 1 saturated carbocycles. The van der Waals surface area contributed by atoms with E-state index in [2.05, 4.69) is 15.6 Å². The van der Waals surface area contributed by atoms with Crippen LogP contribution in [0.2, 0.25) is 0 Å². The molecule has 0 bridgehead atoms. The summed E-state index contributed by atoms with van der Waals surface area (Å²) in [5.74, 6) is -1.03. The Morgan fingerprint density at radius 1 is 0.978 bits per heavy atom. The Bertz CT molecular complexity index is 1220. The Morgan fingerprint density at radius 2 is 1.63 bits per heavy atom. The molecule has 46 heavy (non-hydrogen) atoms. The predicted molar refractivity (Wildman–Crippen MR) is 170 cm³/mol. The smallest absolute Gasteiger partial charge is 0.308 e. The first-order valence-corrected chi connectivity index (χ1v) is 16.7. The van der Waals surface area contributed by atoms with E-state index in [0.29, 0.717) is 19.5 Å². The number of hydrogen-bond acceptors (Lipinski definition) is 8. The van der Waals surface area contributed by atoms with Gasteiger partial charge in [0.2, 0.25) is 23.6 Å². The monoisotopic (exact) mass is 641 g/mol. The highest BCUT2D eigenvalue weighted by atomic mass is 16.6. The van der Waals surface area contributed by atoms with Gasteiger partial charge in [-0.05, 0) is 76.3 Å². The number of hydrogen-bond donors (Lipinski definition) is 2. The van der Waals surface area contributed by atoms with Gasteiger partial charge in [-0.3, -0.25) is 29.0 Å². The largest absolute Gasteiger partial charge is 0.460 e. The molecule has 3 aliphatic rings. The lowest BCUT2D eigenvalue weighted by atomic mass is 9.65. The number of aromatic nitrogens is 1. The predicted octanol–water partition coefficient (Wildman–Crippen LogP) is 2.77. The standard InChI is InChI=1S/C34H51N5O7/c1-33(2,3)46-29(42)10-21-45-20-9-27(40)39-18-13-34(14-19-39)11-7-24(8-12-34)31(43)36-16-17-37-32(44)26-22-28(41)38(4)30(26)25-6-5-15-35-23-25/h5-6,15,23-24,26,30H,7-14,16-22H2,1-4H3,(H,36,43)(H,37,44)/t26-,30+/m0/s1. The topological polar surface area (TPSA) is 147 Å².